The molecule has 1 rings (SSSR count). The van der Waals surface area contributed by atoms with Gasteiger partial charge in [-0.05, 0) is 13.8 Å². The zero-order valence-corrected chi connectivity index (χ0v) is 9.61. The van der Waals surface area contributed by atoms with E-state index in [-0.39, 0.29) is 5.54 Å². The van der Waals surface area contributed by atoms with Crippen molar-refractivity contribution in [2.45, 2.75) is 45.6 Å². The predicted molar refractivity (Wildman–Crippen MR) is 58.2 cm³/mol. The molecule has 1 aromatic rings. The molecule has 0 unspecified atom stereocenters. The third-order valence-corrected chi connectivity index (χ3v) is 2.89. The van der Waals surface area contributed by atoms with Crippen LogP contribution in [0.3, 0.4) is 0 Å². The van der Waals surface area contributed by atoms with Gasteiger partial charge in [-0.2, -0.15) is 0 Å². The fourth-order valence-electron chi connectivity index (χ4n) is 1.14. The molecule has 3 heteroatoms. The van der Waals surface area contributed by atoms with Gasteiger partial charge in [0.2, 0.25) is 0 Å². The first-order chi connectivity index (χ1) is 5.88. The van der Waals surface area contributed by atoms with Crippen LogP contribution in [0.5, 0.6) is 0 Å². The zero-order chi connectivity index (χ0) is 10.1. The van der Waals surface area contributed by atoms with Gasteiger partial charge in [0.1, 0.15) is 0 Å². The first-order valence-corrected chi connectivity index (χ1v) is 5.49. The van der Waals surface area contributed by atoms with Crippen molar-refractivity contribution in [2.75, 3.05) is 0 Å². The van der Waals surface area contributed by atoms with Crippen LogP contribution in [-0.2, 0) is 6.42 Å². The van der Waals surface area contributed by atoms with E-state index in [1.54, 1.807) is 11.3 Å². The number of thiazole rings is 1. The van der Waals surface area contributed by atoms with Crippen LogP contribution in [0.25, 0.3) is 0 Å². The maximum atomic E-state index is 5.92. The summed E-state index contributed by atoms with van der Waals surface area (Å²) in [6, 6.07) is 0. The third kappa shape index (κ3) is 3.44. The van der Waals surface area contributed by atoms with Crippen LogP contribution in [0.15, 0.2) is 5.38 Å². The van der Waals surface area contributed by atoms with E-state index in [0.29, 0.717) is 5.92 Å². The normalized spacial score (nSPS) is 12.5. The Bertz CT molecular complexity index is 271. The second-order valence-electron chi connectivity index (χ2n) is 4.50. The van der Waals surface area contributed by atoms with Gasteiger partial charge in [-0.15, -0.1) is 11.3 Å². The second kappa shape index (κ2) is 3.76. The van der Waals surface area contributed by atoms with E-state index in [2.05, 4.69) is 24.2 Å². The summed E-state index contributed by atoms with van der Waals surface area (Å²) in [6.45, 7) is 8.38. The van der Waals surface area contributed by atoms with Crippen molar-refractivity contribution in [3.8, 4) is 0 Å². The average Bonchev–Trinajstić information content (AvgIpc) is 2.31. The first kappa shape index (κ1) is 10.7. The highest BCUT2D eigenvalue weighted by Crippen LogP contribution is 2.20. The Hall–Kier alpha value is -0.410. The molecule has 0 amide bonds. The molecule has 1 aromatic heterocycles. The molecule has 2 nitrogen and oxygen atoms in total. The molecule has 1 heterocycles. The molecule has 0 radical (unpaired) electrons. The molecule has 74 valence electrons. The molecule has 0 aliphatic rings. The summed E-state index contributed by atoms with van der Waals surface area (Å²) >= 11 is 1.73. The Balaban J connectivity index is 2.70. The second-order valence-corrected chi connectivity index (χ2v) is 5.39. The van der Waals surface area contributed by atoms with E-state index in [0.717, 1.165) is 12.1 Å². The number of rotatable bonds is 3. The fourth-order valence-corrected chi connectivity index (χ4v) is 1.97. The molecule has 13 heavy (non-hydrogen) atoms. The van der Waals surface area contributed by atoms with Crippen molar-refractivity contribution in [3.63, 3.8) is 0 Å². The van der Waals surface area contributed by atoms with Crippen molar-refractivity contribution in [3.05, 3.63) is 16.1 Å². The monoisotopic (exact) mass is 198 g/mol. The number of hydrogen-bond donors (Lipinski definition) is 1. The molecule has 2 N–H and O–H groups in total. The Morgan fingerprint density at radius 2 is 2.15 bits per heavy atom. The van der Waals surface area contributed by atoms with Crippen LogP contribution in [0.4, 0.5) is 0 Å². The van der Waals surface area contributed by atoms with Gasteiger partial charge in [0.15, 0.2) is 0 Å². The molecular formula is C10H18N2S. The summed E-state index contributed by atoms with van der Waals surface area (Å²) in [7, 11) is 0. The van der Waals surface area contributed by atoms with Crippen molar-refractivity contribution in [1.82, 2.24) is 4.98 Å². The predicted octanol–water partition coefficient (Wildman–Crippen LogP) is 2.55. The summed E-state index contributed by atoms with van der Waals surface area (Å²) in [5.41, 5.74) is 6.89. The highest BCUT2D eigenvalue weighted by Gasteiger charge is 2.14. The van der Waals surface area contributed by atoms with Gasteiger partial charge in [-0.3, -0.25) is 0 Å². The summed E-state index contributed by atoms with van der Waals surface area (Å²) in [4.78, 5) is 4.53. The smallest absolute Gasteiger partial charge is 0.0953 e. The van der Waals surface area contributed by atoms with Crippen molar-refractivity contribution in [2.24, 2.45) is 5.73 Å². The molecule has 0 aromatic carbocycles. The van der Waals surface area contributed by atoms with Crippen LogP contribution < -0.4 is 5.73 Å². The quantitative estimate of drug-likeness (QED) is 0.810. The van der Waals surface area contributed by atoms with Gasteiger partial charge in [0.25, 0.3) is 0 Å². The van der Waals surface area contributed by atoms with Gasteiger partial charge < -0.3 is 5.73 Å². The Morgan fingerprint density at radius 3 is 2.54 bits per heavy atom. The van der Waals surface area contributed by atoms with Gasteiger partial charge in [0.05, 0.1) is 10.7 Å². The van der Waals surface area contributed by atoms with Gasteiger partial charge >= 0.3 is 0 Å². The minimum atomic E-state index is -0.150. The zero-order valence-electron chi connectivity index (χ0n) is 8.79. The largest absolute Gasteiger partial charge is 0.325 e. The maximum absolute atomic E-state index is 5.92. The SMILES string of the molecule is CC(C)c1nc(CC(C)(C)N)cs1. The summed E-state index contributed by atoms with van der Waals surface area (Å²) in [5.74, 6) is 0.527. The minimum absolute atomic E-state index is 0.150. The molecule has 0 atom stereocenters. The third-order valence-electron chi connectivity index (χ3n) is 1.70. The average molecular weight is 198 g/mol. The lowest BCUT2D eigenvalue weighted by Gasteiger charge is -2.16. The van der Waals surface area contributed by atoms with Crippen LogP contribution >= 0.6 is 11.3 Å². The lowest BCUT2D eigenvalue weighted by molar-refractivity contribution is 0.510. The maximum Gasteiger partial charge on any atom is 0.0953 e. The molecule has 0 spiro atoms. The molecular weight excluding hydrogens is 180 g/mol. The topological polar surface area (TPSA) is 38.9 Å². The van der Waals surface area contributed by atoms with E-state index >= 15 is 0 Å². The van der Waals surface area contributed by atoms with E-state index in [1.165, 1.54) is 5.01 Å². The Labute approximate surface area is 84.2 Å². The Kier molecular flexibility index (Phi) is 3.09. The molecule has 0 bridgehead atoms. The van der Waals surface area contributed by atoms with Crippen LogP contribution in [0, 0.1) is 0 Å². The summed E-state index contributed by atoms with van der Waals surface area (Å²) in [5, 5.41) is 3.32. The highest BCUT2D eigenvalue weighted by molar-refractivity contribution is 7.09. The highest BCUT2D eigenvalue weighted by atomic mass is 32.1. The van der Waals surface area contributed by atoms with Crippen LogP contribution in [-0.4, -0.2) is 10.5 Å². The minimum Gasteiger partial charge on any atom is -0.325 e. The van der Waals surface area contributed by atoms with Crippen molar-refractivity contribution < 1.29 is 0 Å². The molecule has 0 aliphatic carbocycles. The van der Waals surface area contributed by atoms with E-state index < -0.39 is 0 Å². The van der Waals surface area contributed by atoms with Crippen molar-refractivity contribution in [1.29, 1.82) is 0 Å². The lowest BCUT2D eigenvalue weighted by Crippen LogP contribution is -2.34. The summed E-state index contributed by atoms with van der Waals surface area (Å²) in [6.07, 6.45) is 0.857. The standard InChI is InChI=1S/C10H18N2S/c1-7(2)9-12-8(6-13-9)5-10(3,4)11/h6-7H,5,11H2,1-4H3. The van der Waals surface area contributed by atoms with E-state index in [1.807, 2.05) is 13.8 Å². The lowest BCUT2D eigenvalue weighted by atomic mass is 10.0. The van der Waals surface area contributed by atoms with Crippen LogP contribution in [0.1, 0.15) is 44.3 Å². The summed E-state index contributed by atoms with van der Waals surface area (Å²) < 4.78 is 0. The van der Waals surface area contributed by atoms with Crippen LogP contribution in [0.2, 0.25) is 0 Å². The fraction of sp³-hybridized carbons (Fsp3) is 0.700. The van der Waals surface area contributed by atoms with E-state index in [4.69, 9.17) is 5.73 Å². The van der Waals surface area contributed by atoms with E-state index in [9.17, 15) is 0 Å². The number of nitrogens with two attached hydrogens (primary N) is 1. The first-order valence-electron chi connectivity index (χ1n) is 4.61. The molecule has 0 aliphatic heterocycles. The molecule has 0 fully saturated rings. The molecule has 0 saturated carbocycles. The Morgan fingerprint density at radius 1 is 1.54 bits per heavy atom. The number of nitrogens with zero attached hydrogens (tertiary/aromatic N) is 1. The van der Waals surface area contributed by atoms with Gasteiger partial charge in [0, 0.05) is 23.3 Å². The number of hydrogen-bond acceptors (Lipinski definition) is 3. The molecule has 0 saturated heterocycles. The van der Waals surface area contributed by atoms with Gasteiger partial charge in [-0.25, -0.2) is 4.98 Å². The van der Waals surface area contributed by atoms with Crippen molar-refractivity contribution >= 4 is 11.3 Å². The van der Waals surface area contributed by atoms with Gasteiger partial charge in [-0.1, -0.05) is 13.8 Å². The number of aromatic nitrogens is 1.